The van der Waals surface area contributed by atoms with Crippen molar-refractivity contribution in [3.63, 3.8) is 0 Å². The summed E-state index contributed by atoms with van der Waals surface area (Å²) in [6.45, 7) is 1.74. The second kappa shape index (κ2) is 10.6. The van der Waals surface area contributed by atoms with Gasteiger partial charge in [0.1, 0.15) is 12.4 Å². The van der Waals surface area contributed by atoms with Crippen molar-refractivity contribution < 1.29 is 9.53 Å². The van der Waals surface area contributed by atoms with Crippen LogP contribution in [0.3, 0.4) is 0 Å². The van der Waals surface area contributed by atoms with E-state index in [4.69, 9.17) is 4.74 Å². The van der Waals surface area contributed by atoms with Gasteiger partial charge in [0.2, 0.25) is 5.88 Å². The highest BCUT2D eigenvalue weighted by Gasteiger charge is 2.19. The normalized spacial score (nSPS) is 10.2. The van der Waals surface area contributed by atoms with E-state index in [9.17, 15) is 4.79 Å². The van der Waals surface area contributed by atoms with Gasteiger partial charge in [-0.05, 0) is 25.7 Å². The van der Waals surface area contributed by atoms with Gasteiger partial charge in [0, 0.05) is 33.3 Å². The first-order valence-electron chi connectivity index (χ1n) is 8.24. The van der Waals surface area contributed by atoms with E-state index in [0.29, 0.717) is 24.8 Å². The topological polar surface area (TPSA) is 48.9 Å². The number of rotatable bonds is 7. The van der Waals surface area contributed by atoms with Gasteiger partial charge in [-0.2, -0.15) is 4.98 Å². The van der Waals surface area contributed by atoms with Crippen LogP contribution in [0.15, 0.2) is 48.5 Å². The maximum atomic E-state index is 12.5. The summed E-state index contributed by atoms with van der Waals surface area (Å²) in [4.78, 5) is 22.3. The highest BCUT2D eigenvalue weighted by Crippen LogP contribution is 2.18. The summed E-state index contributed by atoms with van der Waals surface area (Å²) in [5, 5.41) is 0. The van der Waals surface area contributed by atoms with Gasteiger partial charge in [-0.25, -0.2) is 4.79 Å². The molecule has 0 aliphatic rings. The molecule has 0 atom stereocenters. The minimum absolute atomic E-state index is 0. The monoisotopic (exact) mass is 378 g/mol. The summed E-state index contributed by atoms with van der Waals surface area (Å²) in [7, 11) is 7.43. The molecule has 2 amide bonds. The third-order valence-electron chi connectivity index (χ3n) is 3.60. The molecule has 0 fully saturated rings. The van der Waals surface area contributed by atoms with Crippen LogP contribution in [0.5, 0.6) is 5.88 Å². The third-order valence-corrected chi connectivity index (χ3v) is 3.60. The Bertz CT molecular complexity index is 680. The number of urea groups is 1. The number of pyridine rings is 1. The van der Waals surface area contributed by atoms with Gasteiger partial charge >= 0.3 is 6.03 Å². The molecule has 26 heavy (non-hydrogen) atoms. The standard InChI is InChI=1S/C19H26N4O2.ClH/c1-21(2)13-14-23(19(24)22(3)4)17-11-8-12-18(20-17)25-15-16-9-6-5-7-10-16;/h5-12H,13-15H2,1-4H3;1H. The summed E-state index contributed by atoms with van der Waals surface area (Å²) < 4.78 is 5.78. The Hall–Kier alpha value is -2.31. The highest BCUT2D eigenvalue weighted by atomic mass is 35.5. The largest absolute Gasteiger partial charge is 0.473 e. The lowest BCUT2D eigenvalue weighted by molar-refractivity contribution is 0.222. The lowest BCUT2D eigenvalue weighted by Gasteiger charge is -2.26. The number of ether oxygens (including phenoxy) is 1. The number of hydrogen-bond donors (Lipinski definition) is 0. The number of hydrogen-bond acceptors (Lipinski definition) is 4. The average Bonchev–Trinajstić information content (AvgIpc) is 2.61. The fourth-order valence-electron chi connectivity index (χ4n) is 2.22. The molecule has 0 radical (unpaired) electrons. The minimum atomic E-state index is -0.102. The van der Waals surface area contributed by atoms with E-state index in [-0.39, 0.29) is 18.4 Å². The van der Waals surface area contributed by atoms with E-state index in [1.165, 1.54) is 0 Å². The van der Waals surface area contributed by atoms with Crippen LogP contribution >= 0.6 is 12.4 Å². The van der Waals surface area contributed by atoms with E-state index < -0.39 is 0 Å². The predicted molar refractivity (Wildman–Crippen MR) is 107 cm³/mol. The molecule has 0 unspecified atom stereocenters. The number of halogens is 1. The summed E-state index contributed by atoms with van der Waals surface area (Å²) in [6, 6.07) is 15.3. The van der Waals surface area contributed by atoms with Gasteiger partial charge in [-0.3, -0.25) is 4.90 Å². The Balaban J connectivity index is 0.00000338. The third kappa shape index (κ3) is 6.54. The Morgan fingerprint density at radius 1 is 0.962 bits per heavy atom. The SMILES string of the molecule is CN(C)CCN(C(=O)N(C)C)c1cccc(OCc2ccccc2)n1.Cl. The number of benzene rings is 1. The fourth-order valence-corrected chi connectivity index (χ4v) is 2.22. The molecule has 2 rings (SSSR count). The number of amides is 2. The molecular weight excluding hydrogens is 352 g/mol. The van der Waals surface area contributed by atoms with Crippen LogP contribution in [-0.2, 0) is 6.61 Å². The molecule has 0 aliphatic carbocycles. The second-order valence-electron chi connectivity index (χ2n) is 6.24. The Kier molecular flexibility index (Phi) is 8.88. The maximum absolute atomic E-state index is 12.5. The number of nitrogens with zero attached hydrogens (tertiary/aromatic N) is 4. The first-order chi connectivity index (χ1) is 12.0. The van der Waals surface area contributed by atoms with E-state index in [2.05, 4.69) is 4.98 Å². The molecule has 7 heteroatoms. The van der Waals surface area contributed by atoms with Crippen LogP contribution in [-0.4, -0.2) is 62.1 Å². The fraction of sp³-hybridized carbons (Fsp3) is 0.368. The predicted octanol–water partition coefficient (Wildman–Crippen LogP) is 3.13. The molecule has 0 aliphatic heterocycles. The van der Waals surface area contributed by atoms with Crippen LogP contribution in [0.4, 0.5) is 10.6 Å². The van der Waals surface area contributed by atoms with Crippen molar-refractivity contribution in [2.24, 2.45) is 0 Å². The van der Waals surface area contributed by atoms with Gasteiger partial charge in [0.05, 0.1) is 0 Å². The van der Waals surface area contributed by atoms with E-state index in [0.717, 1.165) is 12.1 Å². The molecule has 0 bridgehead atoms. The lowest BCUT2D eigenvalue weighted by atomic mass is 10.2. The molecule has 0 spiro atoms. The molecular formula is C19H27ClN4O2. The molecule has 1 aromatic heterocycles. The van der Waals surface area contributed by atoms with Crippen molar-refractivity contribution in [2.45, 2.75) is 6.61 Å². The van der Waals surface area contributed by atoms with Crippen molar-refractivity contribution in [2.75, 3.05) is 46.2 Å². The second-order valence-corrected chi connectivity index (χ2v) is 6.24. The Morgan fingerprint density at radius 2 is 1.65 bits per heavy atom. The Labute approximate surface area is 161 Å². The first-order valence-corrected chi connectivity index (χ1v) is 8.24. The molecule has 0 saturated carbocycles. The molecule has 1 aromatic carbocycles. The minimum Gasteiger partial charge on any atom is -0.473 e. The zero-order chi connectivity index (χ0) is 18.2. The summed E-state index contributed by atoms with van der Waals surface area (Å²) in [5.41, 5.74) is 1.07. The zero-order valence-corrected chi connectivity index (χ0v) is 16.6. The van der Waals surface area contributed by atoms with Crippen LogP contribution in [0.25, 0.3) is 0 Å². The van der Waals surface area contributed by atoms with E-state index >= 15 is 0 Å². The number of aromatic nitrogens is 1. The zero-order valence-electron chi connectivity index (χ0n) is 15.8. The summed E-state index contributed by atoms with van der Waals surface area (Å²) in [5.74, 6) is 1.09. The maximum Gasteiger partial charge on any atom is 0.325 e. The average molecular weight is 379 g/mol. The highest BCUT2D eigenvalue weighted by molar-refractivity contribution is 5.90. The van der Waals surface area contributed by atoms with Gasteiger partial charge in [0.15, 0.2) is 0 Å². The molecule has 0 N–H and O–H groups in total. The number of anilines is 1. The van der Waals surface area contributed by atoms with Crippen LogP contribution < -0.4 is 9.64 Å². The molecule has 6 nitrogen and oxygen atoms in total. The van der Waals surface area contributed by atoms with Crippen LogP contribution in [0.2, 0.25) is 0 Å². The molecule has 2 aromatic rings. The van der Waals surface area contributed by atoms with Crippen molar-refractivity contribution in [1.82, 2.24) is 14.8 Å². The molecule has 0 saturated heterocycles. The smallest absolute Gasteiger partial charge is 0.325 e. The number of likely N-dealkylation sites (N-methyl/N-ethyl adjacent to an activating group) is 1. The van der Waals surface area contributed by atoms with Crippen molar-refractivity contribution >= 4 is 24.3 Å². The van der Waals surface area contributed by atoms with Crippen molar-refractivity contribution in [3.05, 3.63) is 54.1 Å². The van der Waals surface area contributed by atoms with E-state index in [1.54, 1.807) is 30.0 Å². The van der Waals surface area contributed by atoms with Gasteiger partial charge in [-0.1, -0.05) is 36.4 Å². The quantitative estimate of drug-likeness (QED) is 0.742. The number of carbonyl (C=O) groups is 1. The summed E-state index contributed by atoms with van der Waals surface area (Å²) in [6.07, 6.45) is 0. The summed E-state index contributed by atoms with van der Waals surface area (Å²) >= 11 is 0. The van der Waals surface area contributed by atoms with Crippen molar-refractivity contribution in [1.29, 1.82) is 0 Å². The molecule has 1 heterocycles. The van der Waals surface area contributed by atoms with Crippen LogP contribution in [0, 0.1) is 0 Å². The van der Waals surface area contributed by atoms with Gasteiger partial charge < -0.3 is 14.5 Å². The van der Waals surface area contributed by atoms with Gasteiger partial charge in [0.25, 0.3) is 0 Å². The molecule has 142 valence electrons. The number of carbonyl (C=O) groups excluding carboxylic acids is 1. The van der Waals surface area contributed by atoms with Gasteiger partial charge in [-0.15, -0.1) is 12.4 Å². The Morgan fingerprint density at radius 3 is 2.27 bits per heavy atom. The first kappa shape index (κ1) is 21.7. The van der Waals surface area contributed by atoms with Crippen LogP contribution in [0.1, 0.15) is 5.56 Å². The van der Waals surface area contributed by atoms with E-state index in [1.807, 2.05) is 61.5 Å². The lowest BCUT2D eigenvalue weighted by Crippen LogP contribution is -2.43. The van der Waals surface area contributed by atoms with Crippen molar-refractivity contribution in [3.8, 4) is 5.88 Å².